The highest BCUT2D eigenvalue weighted by Crippen LogP contribution is 2.39. The van der Waals surface area contributed by atoms with Crippen LogP contribution in [0.2, 0.25) is 0 Å². The Hall–Kier alpha value is -3.23. The molecule has 0 aliphatic carbocycles. The molecule has 4 rings (SSSR count). The summed E-state index contributed by atoms with van der Waals surface area (Å²) in [6.45, 7) is 5.71. The third-order valence-corrected chi connectivity index (χ3v) is 6.01. The smallest absolute Gasteiger partial charge is 0.295 e. The maximum absolute atomic E-state index is 13.1. The van der Waals surface area contributed by atoms with Gasteiger partial charge in [-0.05, 0) is 48.4 Å². The summed E-state index contributed by atoms with van der Waals surface area (Å²) in [5, 5.41) is 11.2. The maximum Gasteiger partial charge on any atom is 0.295 e. The molecular weight excluding hydrogens is 410 g/mol. The number of rotatable bonds is 6. The van der Waals surface area contributed by atoms with Crippen LogP contribution in [0.5, 0.6) is 5.75 Å². The number of carbonyl (C=O) groups excluding carboxylic acids is 2. The number of aryl methyl sites for hydroxylation is 1. The molecule has 2 aromatic rings. The topological polar surface area (TPSA) is 92.2 Å². The van der Waals surface area contributed by atoms with Crippen LogP contribution in [0.1, 0.15) is 22.7 Å². The van der Waals surface area contributed by atoms with E-state index < -0.39 is 17.7 Å². The minimum Gasteiger partial charge on any atom is -0.507 e. The van der Waals surface area contributed by atoms with E-state index in [1.807, 2.05) is 6.92 Å². The number of likely N-dealkylation sites (tertiary alicyclic amines) is 1. The molecule has 3 heterocycles. The lowest BCUT2D eigenvalue weighted by atomic mass is 9.94. The molecule has 0 radical (unpaired) electrons. The van der Waals surface area contributed by atoms with Crippen LogP contribution in [0, 0.1) is 6.92 Å². The molecule has 1 amide bonds. The largest absolute Gasteiger partial charge is 0.507 e. The van der Waals surface area contributed by atoms with Crippen molar-refractivity contribution in [2.75, 3.05) is 46.5 Å². The van der Waals surface area contributed by atoms with Gasteiger partial charge in [-0.15, -0.1) is 0 Å². The summed E-state index contributed by atoms with van der Waals surface area (Å²) < 4.78 is 10.6. The number of aliphatic hydroxyl groups is 1. The van der Waals surface area contributed by atoms with Gasteiger partial charge >= 0.3 is 0 Å². The summed E-state index contributed by atoms with van der Waals surface area (Å²) in [4.78, 5) is 34.0. The third-order valence-electron chi connectivity index (χ3n) is 6.01. The predicted molar refractivity (Wildman–Crippen MR) is 118 cm³/mol. The number of ketones is 1. The molecular formula is C24H27N3O5. The van der Waals surface area contributed by atoms with Crippen LogP contribution in [0.4, 0.5) is 0 Å². The molecule has 1 N–H and O–H groups in total. The minimum absolute atomic E-state index is 0.0939. The number of pyridine rings is 1. The standard InChI is InChI=1S/C24H27N3O5/c1-16-15-18(31-2)3-4-19(16)22(28)20-21(17-5-7-25-8-6-17)27(24(30)23(20)29)10-9-26-11-13-32-14-12-26/h3-8,15,21,28H,9-14H2,1-2H3. The van der Waals surface area contributed by atoms with Crippen molar-refractivity contribution in [3.05, 3.63) is 65.0 Å². The monoisotopic (exact) mass is 437 g/mol. The molecule has 1 unspecified atom stereocenters. The van der Waals surface area contributed by atoms with Crippen molar-refractivity contribution in [1.29, 1.82) is 0 Å². The van der Waals surface area contributed by atoms with Crippen molar-refractivity contribution in [2.45, 2.75) is 13.0 Å². The number of nitrogens with zero attached hydrogens (tertiary/aromatic N) is 3. The van der Waals surface area contributed by atoms with Gasteiger partial charge < -0.3 is 19.5 Å². The second-order valence-electron chi connectivity index (χ2n) is 7.91. The van der Waals surface area contributed by atoms with Gasteiger partial charge in [-0.1, -0.05) is 0 Å². The number of morpholine rings is 1. The molecule has 1 atom stereocenters. The fourth-order valence-electron chi connectivity index (χ4n) is 4.25. The number of Topliss-reactive ketones (excluding diaryl/α,β-unsaturated/α-hetero) is 1. The molecule has 1 aromatic heterocycles. The van der Waals surface area contributed by atoms with Gasteiger partial charge in [-0.3, -0.25) is 19.5 Å². The minimum atomic E-state index is -0.680. The molecule has 0 bridgehead atoms. The number of methoxy groups -OCH3 is 1. The molecule has 2 saturated heterocycles. The van der Waals surface area contributed by atoms with E-state index in [0.29, 0.717) is 37.6 Å². The highest BCUT2D eigenvalue weighted by Gasteiger charge is 2.46. The molecule has 2 aliphatic heterocycles. The fraction of sp³-hybridized carbons (Fsp3) is 0.375. The molecule has 8 nitrogen and oxygen atoms in total. The molecule has 2 aliphatic rings. The predicted octanol–water partition coefficient (Wildman–Crippen LogP) is 2.15. The summed E-state index contributed by atoms with van der Waals surface area (Å²) >= 11 is 0. The molecule has 32 heavy (non-hydrogen) atoms. The Morgan fingerprint density at radius 3 is 2.53 bits per heavy atom. The van der Waals surface area contributed by atoms with E-state index >= 15 is 0 Å². The van der Waals surface area contributed by atoms with Crippen molar-refractivity contribution in [3.8, 4) is 5.75 Å². The van der Waals surface area contributed by atoms with E-state index in [-0.39, 0.29) is 11.3 Å². The van der Waals surface area contributed by atoms with E-state index in [0.717, 1.165) is 24.2 Å². The Labute approximate surface area is 187 Å². The van der Waals surface area contributed by atoms with Crippen LogP contribution in [0.25, 0.3) is 5.76 Å². The lowest BCUT2D eigenvalue weighted by Crippen LogP contribution is -2.42. The maximum atomic E-state index is 13.1. The SMILES string of the molecule is COc1ccc(C(O)=C2C(=O)C(=O)N(CCN3CCOCC3)C2c2ccncc2)c(C)c1. The molecule has 2 fully saturated rings. The van der Waals surface area contributed by atoms with Gasteiger partial charge in [0.05, 0.1) is 31.9 Å². The number of ether oxygens (including phenoxy) is 2. The van der Waals surface area contributed by atoms with Gasteiger partial charge in [0.25, 0.3) is 11.7 Å². The van der Waals surface area contributed by atoms with Crippen molar-refractivity contribution in [1.82, 2.24) is 14.8 Å². The lowest BCUT2D eigenvalue weighted by Gasteiger charge is -2.31. The number of aliphatic hydroxyl groups excluding tert-OH is 1. The second-order valence-corrected chi connectivity index (χ2v) is 7.91. The Kier molecular flexibility index (Phi) is 6.53. The number of aromatic nitrogens is 1. The highest BCUT2D eigenvalue weighted by molar-refractivity contribution is 6.46. The molecule has 0 spiro atoms. The van der Waals surface area contributed by atoms with Crippen LogP contribution < -0.4 is 4.74 Å². The summed E-state index contributed by atoms with van der Waals surface area (Å²) in [6, 6.07) is 8.07. The second kappa shape index (κ2) is 9.50. The fourth-order valence-corrected chi connectivity index (χ4v) is 4.25. The first-order chi connectivity index (χ1) is 15.5. The molecule has 8 heteroatoms. The molecule has 1 aromatic carbocycles. The van der Waals surface area contributed by atoms with E-state index in [1.54, 1.807) is 54.7 Å². The average molecular weight is 437 g/mol. The Morgan fingerprint density at radius 1 is 1.16 bits per heavy atom. The quantitative estimate of drug-likeness (QED) is 0.421. The van der Waals surface area contributed by atoms with Crippen molar-refractivity contribution in [3.63, 3.8) is 0 Å². The molecule has 0 saturated carbocycles. The zero-order valence-electron chi connectivity index (χ0n) is 18.3. The first-order valence-electron chi connectivity index (χ1n) is 10.6. The first kappa shape index (κ1) is 22.0. The van der Waals surface area contributed by atoms with Gasteiger partial charge in [0.1, 0.15) is 11.5 Å². The Bertz CT molecular complexity index is 1030. The van der Waals surface area contributed by atoms with Crippen LogP contribution in [-0.4, -0.2) is 78.1 Å². The summed E-state index contributed by atoms with van der Waals surface area (Å²) in [5.74, 6) is -0.816. The lowest BCUT2D eigenvalue weighted by molar-refractivity contribution is -0.140. The normalized spacial score (nSPS) is 21.2. The van der Waals surface area contributed by atoms with E-state index in [9.17, 15) is 14.7 Å². The van der Waals surface area contributed by atoms with E-state index in [4.69, 9.17) is 9.47 Å². The van der Waals surface area contributed by atoms with E-state index in [2.05, 4.69) is 9.88 Å². The first-order valence-corrected chi connectivity index (χ1v) is 10.6. The van der Waals surface area contributed by atoms with Crippen molar-refractivity contribution < 1.29 is 24.2 Å². The van der Waals surface area contributed by atoms with Crippen LogP contribution in [0.3, 0.4) is 0 Å². The Balaban J connectivity index is 1.73. The van der Waals surface area contributed by atoms with Crippen molar-refractivity contribution >= 4 is 17.4 Å². The third kappa shape index (κ3) is 4.24. The summed E-state index contributed by atoms with van der Waals surface area (Å²) in [7, 11) is 1.57. The van der Waals surface area contributed by atoms with Crippen molar-refractivity contribution in [2.24, 2.45) is 0 Å². The van der Waals surface area contributed by atoms with Gasteiger partial charge in [-0.2, -0.15) is 0 Å². The van der Waals surface area contributed by atoms with Crippen LogP contribution in [-0.2, 0) is 14.3 Å². The summed E-state index contributed by atoms with van der Waals surface area (Å²) in [6.07, 6.45) is 3.24. The van der Waals surface area contributed by atoms with Gasteiger partial charge in [0.2, 0.25) is 0 Å². The van der Waals surface area contributed by atoms with E-state index in [1.165, 1.54) is 0 Å². The zero-order valence-corrected chi connectivity index (χ0v) is 18.3. The van der Waals surface area contributed by atoms with Crippen LogP contribution in [0.15, 0.2) is 48.3 Å². The number of hydrogen-bond donors (Lipinski definition) is 1. The zero-order chi connectivity index (χ0) is 22.7. The Morgan fingerprint density at radius 2 is 1.88 bits per heavy atom. The summed E-state index contributed by atoms with van der Waals surface area (Å²) in [5.41, 5.74) is 2.07. The number of carbonyl (C=O) groups is 2. The highest BCUT2D eigenvalue weighted by atomic mass is 16.5. The number of amides is 1. The average Bonchev–Trinajstić information content (AvgIpc) is 3.08. The van der Waals surface area contributed by atoms with Gasteiger partial charge in [-0.25, -0.2) is 0 Å². The van der Waals surface area contributed by atoms with Gasteiger partial charge in [0.15, 0.2) is 0 Å². The molecule has 168 valence electrons. The van der Waals surface area contributed by atoms with Gasteiger partial charge in [0, 0.05) is 44.1 Å². The van der Waals surface area contributed by atoms with Crippen LogP contribution >= 0.6 is 0 Å². The number of hydrogen-bond acceptors (Lipinski definition) is 7. The number of benzene rings is 1.